The van der Waals surface area contributed by atoms with Crippen molar-refractivity contribution in [2.24, 2.45) is 0 Å². The lowest BCUT2D eigenvalue weighted by Crippen LogP contribution is -2.38. The molecule has 6 nitrogen and oxygen atoms in total. The van der Waals surface area contributed by atoms with E-state index in [0.717, 1.165) is 16.8 Å². The maximum Gasteiger partial charge on any atom is 0.298 e. The minimum absolute atomic E-state index is 0. The number of thiazole rings is 1. The van der Waals surface area contributed by atoms with Crippen molar-refractivity contribution >= 4 is 45.0 Å². The average Bonchev–Trinajstić information content (AvgIpc) is 2.99. The Kier molecular flexibility index (Phi) is 6.42. The van der Waals surface area contributed by atoms with Crippen molar-refractivity contribution in [2.75, 3.05) is 45.3 Å². The quantitative estimate of drug-likeness (QED) is 0.810. The van der Waals surface area contributed by atoms with Gasteiger partial charge in [-0.2, -0.15) is 0 Å². The first-order chi connectivity index (χ1) is 11.1. The Balaban J connectivity index is 0.00000208. The van der Waals surface area contributed by atoms with Gasteiger partial charge in [0, 0.05) is 13.1 Å². The molecule has 0 radical (unpaired) electrons. The van der Waals surface area contributed by atoms with Crippen LogP contribution in [0.3, 0.4) is 0 Å². The molecule has 0 spiro atoms. The Morgan fingerprint density at radius 3 is 2.71 bits per heavy atom. The van der Waals surface area contributed by atoms with Gasteiger partial charge in [0.1, 0.15) is 19.5 Å². The molecule has 1 amide bonds. The van der Waals surface area contributed by atoms with Gasteiger partial charge in [-0.05, 0) is 26.2 Å². The van der Waals surface area contributed by atoms with Crippen LogP contribution in [0, 0.1) is 0 Å². The second kappa shape index (κ2) is 8.32. The molecule has 0 bridgehead atoms. The lowest BCUT2D eigenvalue weighted by atomic mass is 10.3. The summed E-state index contributed by atoms with van der Waals surface area (Å²) in [5, 5.41) is 0.674. The molecule has 0 aliphatic carbocycles. The summed E-state index contributed by atoms with van der Waals surface area (Å²) in [6.45, 7) is 2.12. The third-order valence-corrected chi connectivity index (χ3v) is 4.45. The van der Waals surface area contributed by atoms with E-state index in [9.17, 15) is 4.79 Å². The first-order valence-corrected chi connectivity index (χ1v) is 8.23. The lowest BCUT2D eigenvalue weighted by molar-refractivity contribution is -0.119. The number of benzene rings is 1. The molecule has 130 valence electrons. The Bertz CT molecular complexity index is 699. The van der Waals surface area contributed by atoms with Gasteiger partial charge in [-0.25, -0.2) is 4.98 Å². The topological polar surface area (TPSA) is 54.9 Å². The van der Waals surface area contributed by atoms with Crippen LogP contribution in [0.4, 0.5) is 5.13 Å². The lowest BCUT2D eigenvalue weighted by Gasteiger charge is -2.24. The highest BCUT2D eigenvalue weighted by Gasteiger charge is 2.26. The van der Waals surface area contributed by atoms with E-state index in [1.54, 1.807) is 4.90 Å². The van der Waals surface area contributed by atoms with Gasteiger partial charge in [0.05, 0.1) is 10.2 Å². The summed E-state index contributed by atoms with van der Waals surface area (Å²) >= 11 is 1.50. The molecule has 3 rings (SSSR count). The molecule has 0 saturated carbocycles. The van der Waals surface area contributed by atoms with Gasteiger partial charge in [-0.3, -0.25) is 9.69 Å². The standard InChI is InChI=1S/C16H19N3O3S.ClH/c1-18(2)7-8-19(15(20)13-11-21-9-10-22-13)16-17-12-5-3-4-6-14(12)23-16;/h3-6,11H,7-10H2,1-2H3;1H. The fourth-order valence-corrected chi connectivity index (χ4v) is 3.16. The SMILES string of the molecule is CN(C)CCN(C(=O)C1=COCCO1)c1nc2ccccc2s1.Cl. The van der Waals surface area contributed by atoms with Crippen LogP contribution in [-0.2, 0) is 14.3 Å². The van der Waals surface area contributed by atoms with Crippen LogP contribution in [0.1, 0.15) is 0 Å². The number of carbonyl (C=O) groups excluding carboxylic acids is 1. The van der Waals surface area contributed by atoms with Crippen LogP contribution < -0.4 is 4.90 Å². The Hall–Kier alpha value is -1.83. The zero-order chi connectivity index (χ0) is 16.2. The maximum atomic E-state index is 12.8. The number of halogens is 1. The fraction of sp³-hybridized carbons (Fsp3) is 0.375. The second-order valence-electron chi connectivity index (χ2n) is 5.43. The summed E-state index contributed by atoms with van der Waals surface area (Å²) in [6.07, 6.45) is 1.39. The van der Waals surface area contributed by atoms with Gasteiger partial charge in [0.15, 0.2) is 5.13 Å². The van der Waals surface area contributed by atoms with Crippen molar-refractivity contribution < 1.29 is 14.3 Å². The van der Waals surface area contributed by atoms with Gasteiger partial charge < -0.3 is 14.4 Å². The second-order valence-corrected chi connectivity index (χ2v) is 6.43. The third-order valence-electron chi connectivity index (χ3n) is 3.39. The zero-order valence-corrected chi connectivity index (χ0v) is 15.2. The number of fused-ring (bicyclic) bond motifs is 1. The van der Waals surface area contributed by atoms with Crippen LogP contribution in [0.25, 0.3) is 10.2 Å². The van der Waals surface area contributed by atoms with Crippen molar-refractivity contribution in [3.63, 3.8) is 0 Å². The number of carbonyl (C=O) groups is 1. The van der Waals surface area contributed by atoms with Crippen LogP contribution in [0.5, 0.6) is 0 Å². The molecule has 8 heteroatoms. The predicted octanol–water partition coefficient (Wildman–Crippen LogP) is 2.50. The first kappa shape index (κ1) is 18.5. The molecule has 1 aromatic carbocycles. The predicted molar refractivity (Wildman–Crippen MR) is 97.8 cm³/mol. The molecule has 0 fully saturated rings. The number of hydrogen-bond acceptors (Lipinski definition) is 6. The number of hydrogen-bond donors (Lipinski definition) is 0. The van der Waals surface area contributed by atoms with Crippen LogP contribution in [0.15, 0.2) is 36.3 Å². The maximum absolute atomic E-state index is 12.8. The van der Waals surface area contributed by atoms with E-state index in [4.69, 9.17) is 9.47 Å². The Morgan fingerprint density at radius 1 is 1.25 bits per heavy atom. The summed E-state index contributed by atoms with van der Waals surface area (Å²) in [5.74, 6) is 0.0138. The van der Waals surface area contributed by atoms with E-state index in [1.165, 1.54) is 17.6 Å². The summed E-state index contributed by atoms with van der Waals surface area (Å²) in [6, 6.07) is 7.86. The zero-order valence-electron chi connectivity index (χ0n) is 13.6. The number of nitrogens with zero attached hydrogens (tertiary/aromatic N) is 3. The number of amides is 1. The summed E-state index contributed by atoms with van der Waals surface area (Å²) in [5.41, 5.74) is 0.893. The summed E-state index contributed by atoms with van der Waals surface area (Å²) < 4.78 is 11.7. The Labute approximate surface area is 151 Å². The Morgan fingerprint density at radius 2 is 2.04 bits per heavy atom. The molecule has 24 heavy (non-hydrogen) atoms. The van der Waals surface area contributed by atoms with Crippen molar-refractivity contribution in [1.29, 1.82) is 0 Å². The number of anilines is 1. The normalized spacial score (nSPS) is 13.7. The highest BCUT2D eigenvalue weighted by atomic mass is 35.5. The largest absolute Gasteiger partial charge is 0.494 e. The number of rotatable bonds is 5. The monoisotopic (exact) mass is 369 g/mol. The van der Waals surface area contributed by atoms with Gasteiger partial charge in [-0.15, -0.1) is 12.4 Å². The molecule has 1 aliphatic rings. The number of ether oxygens (including phenoxy) is 2. The number of aromatic nitrogens is 1. The van der Waals surface area contributed by atoms with Gasteiger partial charge >= 0.3 is 0 Å². The minimum Gasteiger partial charge on any atom is -0.494 e. The van der Waals surface area contributed by atoms with E-state index in [0.29, 0.717) is 24.9 Å². The highest BCUT2D eigenvalue weighted by Crippen LogP contribution is 2.29. The van der Waals surface area contributed by atoms with Gasteiger partial charge in [-0.1, -0.05) is 23.5 Å². The molecule has 0 atom stereocenters. The summed E-state index contributed by atoms with van der Waals surface area (Å²) in [7, 11) is 3.95. The molecule has 1 aromatic heterocycles. The number of likely N-dealkylation sites (N-methyl/N-ethyl adjacent to an activating group) is 1. The molecule has 0 unspecified atom stereocenters. The van der Waals surface area contributed by atoms with E-state index < -0.39 is 0 Å². The smallest absolute Gasteiger partial charge is 0.298 e. The van der Waals surface area contributed by atoms with Gasteiger partial charge in [0.25, 0.3) is 5.91 Å². The van der Waals surface area contributed by atoms with Gasteiger partial charge in [0.2, 0.25) is 5.76 Å². The van der Waals surface area contributed by atoms with Crippen molar-refractivity contribution in [3.8, 4) is 0 Å². The van der Waals surface area contributed by atoms with Crippen LogP contribution in [-0.4, -0.2) is 56.2 Å². The molecule has 2 heterocycles. The molecule has 1 aliphatic heterocycles. The van der Waals surface area contributed by atoms with Crippen LogP contribution >= 0.6 is 23.7 Å². The average molecular weight is 370 g/mol. The number of para-hydroxylation sites is 1. The van der Waals surface area contributed by atoms with Crippen molar-refractivity contribution in [2.45, 2.75) is 0 Å². The molecule has 2 aromatic rings. The van der Waals surface area contributed by atoms with Crippen LogP contribution in [0.2, 0.25) is 0 Å². The fourth-order valence-electron chi connectivity index (χ4n) is 2.17. The van der Waals surface area contributed by atoms with E-state index >= 15 is 0 Å². The third kappa shape index (κ3) is 4.17. The molecular weight excluding hydrogens is 350 g/mol. The summed E-state index contributed by atoms with van der Waals surface area (Å²) in [4.78, 5) is 21.1. The molecular formula is C16H20ClN3O3S. The van der Waals surface area contributed by atoms with Crippen molar-refractivity contribution in [3.05, 3.63) is 36.3 Å². The van der Waals surface area contributed by atoms with E-state index in [1.807, 2.05) is 43.3 Å². The minimum atomic E-state index is -0.217. The van der Waals surface area contributed by atoms with E-state index in [-0.39, 0.29) is 24.1 Å². The highest BCUT2D eigenvalue weighted by molar-refractivity contribution is 7.22. The van der Waals surface area contributed by atoms with Crippen molar-refractivity contribution in [1.82, 2.24) is 9.88 Å². The molecule has 0 saturated heterocycles. The first-order valence-electron chi connectivity index (χ1n) is 7.42. The molecule has 0 N–H and O–H groups in total. The van der Waals surface area contributed by atoms with E-state index in [2.05, 4.69) is 4.98 Å².